The highest BCUT2D eigenvalue weighted by molar-refractivity contribution is 5.02. The fourth-order valence-electron chi connectivity index (χ4n) is 0.803. The summed E-state index contributed by atoms with van der Waals surface area (Å²) in [5, 5.41) is 0. The minimum atomic E-state index is 0.431. The quantitative estimate of drug-likeness (QED) is 0.494. The van der Waals surface area contributed by atoms with Gasteiger partial charge < -0.3 is 9.47 Å². The molecule has 0 aliphatic carbocycles. The molecule has 0 aromatic heterocycles. The van der Waals surface area contributed by atoms with Gasteiger partial charge in [-0.15, -0.1) is 0 Å². The van der Waals surface area contributed by atoms with Gasteiger partial charge in [0.2, 0.25) is 0 Å². The van der Waals surface area contributed by atoms with E-state index >= 15 is 0 Å². The van der Waals surface area contributed by atoms with E-state index in [-0.39, 0.29) is 0 Å². The molecule has 9 heavy (non-hydrogen) atoms. The lowest BCUT2D eigenvalue weighted by Gasteiger charge is -2.17. The van der Waals surface area contributed by atoms with Gasteiger partial charge in [-0.25, -0.2) is 0 Å². The molecule has 2 nitrogen and oxygen atoms in total. The normalized spacial score (nSPS) is 19.1. The van der Waals surface area contributed by atoms with Crippen molar-refractivity contribution in [1.82, 2.24) is 0 Å². The molecule has 0 unspecified atom stereocenters. The van der Waals surface area contributed by atoms with Gasteiger partial charge in [0.25, 0.3) is 0 Å². The van der Waals surface area contributed by atoms with Gasteiger partial charge in [0.1, 0.15) is 5.76 Å². The predicted octanol–water partition coefficient (Wildman–Crippen LogP) is 1.67. The molecule has 1 aliphatic heterocycles. The van der Waals surface area contributed by atoms with Crippen molar-refractivity contribution < 1.29 is 9.47 Å². The van der Waals surface area contributed by atoms with Crippen LogP contribution in [0.25, 0.3) is 0 Å². The number of hydrogen-bond donors (Lipinski definition) is 0. The highest BCUT2D eigenvalue weighted by Crippen LogP contribution is 2.13. The zero-order valence-electron chi connectivity index (χ0n) is 5.94. The Kier molecular flexibility index (Phi) is 2.11. The van der Waals surface area contributed by atoms with Crippen molar-refractivity contribution in [2.75, 3.05) is 13.4 Å². The zero-order chi connectivity index (χ0) is 6.69. The van der Waals surface area contributed by atoms with E-state index in [1.165, 1.54) is 5.57 Å². The first-order chi connectivity index (χ1) is 4.30. The first-order valence-corrected chi connectivity index (χ1v) is 3.17. The molecule has 0 amide bonds. The van der Waals surface area contributed by atoms with Gasteiger partial charge in [0.05, 0.1) is 6.61 Å². The molecule has 0 aromatic rings. The average molecular weight is 128 g/mol. The summed E-state index contributed by atoms with van der Waals surface area (Å²) in [4.78, 5) is 0. The topological polar surface area (TPSA) is 18.5 Å². The molecule has 1 saturated heterocycles. The van der Waals surface area contributed by atoms with E-state index in [9.17, 15) is 0 Å². The largest absolute Gasteiger partial charge is 0.472 e. The summed E-state index contributed by atoms with van der Waals surface area (Å²) < 4.78 is 10.2. The highest BCUT2D eigenvalue weighted by atomic mass is 16.7. The van der Waals surface area contributed by atoms with E-state index in [1.807, 2.05) is 0 Å². The second-order valence-corrected chi connectivity index (χ2v) is 2.34. The van der Waals surface area contributed by atoms with Crippen LogP contribution < -0.4 is 0 Å². The van der Waals surface area contributed by atoms with E-state index in [2.05, 4.69) is 13.8 Å². The van der Waals surface area contributed by atoms with Gasteiger partial charge in [0, 0.05) is 6.42 Å². The van der Waals surface area contributed by atoms with Crippen LogP contribution in [0, 0.1) is 0 Å². The van der Waals surface area contributed by atoms with Crippen LogP contribution in [0.4, 0.5) is 0 Å². The zero-order valence-corrected chi connectivity index (χ0v) is 5.94. The van der Waals surface area contributed by atoms with Crippen molar-refractivity contribution in [3.05, 3.63) is 11.3 Å². The Morgan fingerprint density at radius 1 is 1.44 bits per heavy atom. The van der Waals surface area contributed by atoms with Gasteiger partial charge in [-0.1, -0.05) is 0 Å². The Bertz CT molecular complexity index is 115. The number of rotatable bonds is 0. The van der Waals surface area contributed by atoms with Gasteiger partial charge in [-0.3, -0.25) is 0 Å². The molecular weight excluding hydrogens is 116 g/mol. The minimum absolute atomic E-state index is 0.431. The Hall–Kier alpha value is -0.500. The van der Waals surface area contributed by atoms with Crippen LogP contribution in [-0.2, 0) is 9.47 Å². The minimum Gasteiger partial charge on any atom is -0.472 e. The molecule has 0 spiro atoms. The van der Waals surface area contributed by atoms with Crippen molar-refractivity contribution in [2.45, 2.75) is 20.3 Å². The summed E-state index contributed by atoms with van der Waals surface area (Å²) in [6.07, 6.45) is 0.933. The molecule has 1 rings (SSSR count). The van der Waals surface area contributed by atoms with Gasteiger partial charge in [-0.05, 0) is 19.4 Å². The molecule has 0 aromatic carbocycles. The number of hydrogen-bond acceptors (Lipinski definition) is 2. The SMILES string of the molecule is CC(C)=C1CCOCO1. The monoisotopic (exact) mass is 128 g/mol. The van der Waals surface area contributed by atoms with Crippen LogP contribution in [-0.4, -0.2) is 13.4 Å². The molecule has 0 saturated carbocycles. The third kappa shape index (κ3) is 1.72. The van der Waals surface area contributed by atoms with E-state index in [4.69, 9.17) is 9.47 Å². The van der Waals surface area contributed by atoms with Crippen LogP contribution in [0.2, 0.25) is 0 Å². The third-order valence-electron chi connectivity index (χ3n) is 1.35. The van der Waals surface area contributed by atoms with Gasteiger partial charge in [0.15, 0.2) is 6.79 Å². The molecule has 0 radical (unpaired) electrons. The molecule has 52 valence electrons. The summed E-state index contributed by atoms with van der Waals surface area (Å²) in [6.45, 7) is 5.35. The molecule has 1 heterocycles. The first kappa shape index (κ1) is 6.62. The van der Waals surface area contributed by atoms with E-state index in [0.29, 0.717) is 6.79 Å². The Labute approximate surface area is 55.5 Å². The van der Waals surface area contributed by atoms with E-state index < -0.39 is 0 Å². The van der Waals surface area contributed by atoms with Crippen molar-refractivity contribution in [2.24, 2.45) is 0 Å². The van der Waals surface area contributed by atoms with Crippen molar-refractivity contribution in [3.8, 4) is 0 Å². The third-order valence-corrected chi connectivity index (χ3v) is 1.35. The maximum absolute atomic E-state index is 5.20. The molecule has 1 aliphatic rings. The first-order valence-electron chi connectivity index (χ1n) is 3.17. The molecule has 0 atom stereocenters. The molecule has 2 heteroatoms. The predicted molar refractivity (Wildman–Crippen MR) is 34.9 cm³/mol. The summed E-state index contributed by atoms with van der Waals surface area (Å²) in [7, 11) is 0. The van der Waals surface area contributed by atoms with Crippen LogP contribution in [0.3, 0.4) is 0 Å². The van der Waals surface area contributed by atoms with Gasteiger partial charge in [-0.2, -0.15) is 0 Å². The molecule has 0 bridgehead atoms. The number of allylic oxidation sites excluding steroid dienone is 1. The molecular formula is C7H12O2. The maximum Gasteiger partial charge on any atom is 0.188 e. The molecule has 1 fully saturated rings. The van der Waals surface area contributed by atoms with Gasteiger partial charge >= 0.3 is 0 Å². The summed E-state index contributed by atoms with van der Waals surface area (Å²) in [5.74, 6) is 1.10. The lowest BCUT2D eigenvalue weighted by molar-refractivity contribution is -0.0614. The van der Waals surface area contributed by atoms with Crippen LogP contribution >= 0.6 is 0 Å². The summed E-state index contributed by atoms with van der Waals surface area (Å²) in [5.41, 5.74) is 1.26. The smallest absolute Gasteiger partial charge is 0.188 e. The van der Waals surface area contributed by atoms with Crippen LogP contribution in [0.5, 0.6) is 0 Å². The fraction of sp³-hybridized carbons (Fsp3) is 0.714. The Morgan fingerprint density at radius 3 is 2.56 bits per heavy atom. The standard InChI is InChI=1S/C7H12O2/c1-6(2)7-3-4-8-5-9-7/h3-5H2,1-2H3. The fourth-order valence-corrected chi connectivity index (χ4v) is 0.803. The lowest BCUT2D eigenvalue weighted by Crippen LogP contribution is -2.11. The summed E-state index contributed by atoms with van der Waals surface area (Å²) in [6, 6.07) is 0. The maximum atomic E-state index is 5.20. The highest BCUT2D eigenvalue weighted by Gasteiger charge is 2.05. The second kappa shape index (κ2) is 2.87. The average Bonchev–Trinajstić information content (AvgIpc) is 1.90. The van der Waals surface area contributed by atoms with Crippen molar-refractivity contribution in [1.29, 1.82) is 0 Å². The van der Waals surface area contributed by atoms with Crippen LogP contribution in [0.1, 0.15) is 20.3 Å². The number of ether oxygens (including phenoxy) is 2. The summed E-state index contributed by atoms with van der Waals surface area (Å²) >= 11 is 0. The van der Waals surface area contributed by atoms with E-state index in [0.717, 1.165) is 18.8 Å². The second-order valence-electron chi connectivity index (χ2n) is 2.34. The molecule has 0 N–H and O–H groups in total. The Morgan fingerprint density at radius 2 is 2.22 bits per heavy atom. The Balaban J connectivity index is 2.49. The van der Waals surface area contributed by atoms with Crippen molar-refractivity contribution >= 4 is 0 Å². The lowest BCUT2D eigenvalue weighted by atomic mass is 10.2. The van der Waals surface area contributed by atoms with E-state index in [1.54, 1.807) is 0 Å². The van der Waals surface area contributed by atoms with Crippen molar-refractivity contribution in [3.63, 3.8) is 0 Å². The van der Waals surface area contributed by atoms with Crippen LogP contribution in [0.15, 0.2) is 11.3 Å².